The number of ether oxygens (including phenoxy) is 1. The minimum absolute atomic E-state index is 0.0941. The Morgan fingerprint density at radius 2 is 2.45 bits per heavy atom. The third kappa shape index (κ3) is 2.51. The molecule has 1 unspecified atom stereocenters. The number of nitriles is 1. The van der Waals surface area contributed by atoms with E-state index in [-0.39, 0.29) is 5.60 Å². The van der Waals surface area contributed by atoms with Crippen molar-refractivity contribution in [2.45, 2.75) is 44.6 Å². The van der Waals surface area contributed by atoms with Crippen molar-refractivity contribution in [2.75, 3.05) is 6.61 Å². The topological polar surface area (TPSA) is 33.0 Å². The molecular weight excluding hydrogens is 138 g/mol. The Balaban J connectivity index is 2.19. The van der Waals surface area contributed by atoms with Crippen molar-refractivity contribution in [3.8, 4) is 6.07 Å². The van der Waals surface area contributed by atoms with E-state index >= 15 is 0 Å². The largest absolute Gasteiger partial charge is 0.375 e. The summed E-state index contributed by atoms with van der Waals surface area (Å²) in [5, 5.41) is 8.33. The second-order valence-corrected chi connectivity index (χ2v) is 3.41. The van der Waals surface area contributed by atoms with E-state index in [4.69, 9.17) is 10.00 Å². The van der Waals surface area contributed by atoms with Crippen LogP contribution in [-0.2, 0) is 4.74 Å². The molecule has 0 amide bonds. The molecule has 2 nitrogen and oxygen atoms in total. The van der Waals surface area contributed by atoms with Gasteiger partial charge < -0.3 is 4.74 Å². The van der Waals surface area contributed by atoms with Gasteiger partial charge in [-0.25, -0.2) is 0 Å². The molecule has 1 rings (SSSR count). The average Bonchev–Trinajstić information content (AvgIpc) is 2.38. The molecule has 0 spiro atoms. The monoisotopic (exact) mass is 153 g/mol. The summed E-state index contributed by atoms with van der Waals surface area (Å²) in [5.41, 5.74) is 0.0941. The lowest BCUT2D eigenvalue weighted by Crippen LogP contribution is -2.22. The van der Waals surface area contributed by atoms with Crippen LogP contribution in [0.5, 0.6) is 0 Å². The van der Waals surface area contributed by atoms with Crippen molar-refractivity contribution in [1.29, 1.82) is 5.26 Å². The van der Waals surface area contributed by atoms with Crippen molar-refractivity contribution >= 4 is 0 Å². The Morgan fingerprint density at radius 3 is 3.00 bits per heavy atom. The number of nitrogens with zero attached hydrogens (tertiary/aromatic N) is 1. The molecule has 11 heavy (non-hydrogen) atoms. The molecule has 0 bridgehead atoms. The number of rotatable bonds is 3. The van der Waals surface area contributed by atoms with Gasteiger partial charge in [-0.05, 0) is 32.6 Å². The van der Waals surface area contributed by atoms with E-state index in [9.17, 15) is 0 Å². The maximum absolute atomic E-state index is 8.33. The molecule has 1 heterocycles. The van der Waals surface area contributed by atoms with Gasteiger partial charge in [0.1, 0.15) is 0 Å². The lowest BCUT2D eigenvalue weighted by Gasteiger charge is -2.21. The molecule has 0 saturated carbocycles. The molecule has 0 aromatic carbocycles. The van der Waals surface area contributed by atoms with E-state index in [0.717, 1.165) is 19.4 Å². The minimum Gasteiger partial charge on any atom is -0.375 e. The first-order chi connectivity index (χ1) is 5.27. The minimum atomic E-state index is 0.0941. The number of hydrogen-bond acceptors (Lipinski definition) is 2. The van der Waals surface area contributed by atoms with Crippen LogP contribution in [0.1, 0.15) is 39.0 Å². The van der Waals surface area contributed by atoms with E-state index in [2.05, 4.69) is 13.0 Å². The van der Waals surface area contributed by atoms with Crippen LogP contribution in [0.3, 0.4) is 0 Å². The molecule has 0 N–H and O–H groups in total. The number of hydrogen-bond donors (Lipinski definition) is 0. The van der Waals surface area contributed by atoms with Crippen LogP contribution < -0.4 is 0 Å². The summed E-state index contributed by atoms with van der Waals surface area (Å²) in [7, 11) is 0. The molecule has 1 atom stereocenters. The normalized spacial score (nSPS) is 30.2. The summed E-state index contributed by atoms with van der Waals surface area (Å²) in [5.74, 6) is 0. The van der Waals surface area contributed by atoms with E-state index in [1.54, 1.807) is 0 Å². The van der Waals surface area contributed by atoms with Gasteiger partial charge in [0, 0.05) is 13.0 Å². The summed E-state index contributed by atoms with van der Waals surface area (Å²) in [6, 6.07) is 2.15. The van der Waals surface area contributed by atoms with E-state index in [1.807, 2.05) is 0 Å². The van der Waals surface area contributed by atoms with Gasteiger partial charge in [0.15, 0.2) is 0 Å². The molecule has 0 aromatic heterocycles. The zero-order valence-corrected chi connectivity index (χ0v) is 7.10. The Hall–Kier alpha value is -0.550. The highest BCUT2D eigenvalue weighted by atomic mass is 16.5. The highest BCUT2D eigenvalue weighted by Gasteiger charge is 2.28. The van der Waals surface area contributed by atoms with Gasteiger partial charge in [0.05, 0.1) is 11.7 Å². The Kier molecular flexibility index (Phi) is 2.90. The van der Waals surface area contributed by atoms with Crippen molar-refractivity contribution in [2.24, 2.45) is 0 Å². The summed E-state index contributed by atoms with van der Waals surface area (Å²) in [6.07, 6.45) is 5.04. The second kappa shape index (κ2) is 3.73. The van der Waals surface area contributed by atoms with Gasteiger partial charge in [-0.2, -0.15) is 5.26 Å². The maximum Gasteiger partial charge on any atom is 0.0655 e. The van der Waals surface area contributed by atoms with Gasteiger partial charge >= 0.3 is 0 Å². The fourth-order valence-corrected chi connectivity index (χ4v) is 1.58. The lowest BCUT2D eigenvalue weighted by atomic mass is 9.96. The van der Waals surface area contributed by atoms with Gasteiger partial charge in [0.25, 0.3) is 0 Å². The number of unbranched alkanes of at least 4 members (excludes halogenated alkanes) is 1. The molecule has 2 heteroatoms. The fourth-order valence-electron chi connectivity index (χ4n) is 1.58. The zero-order valence-electron chi connectivity index (χ0n) is 7.10. The van der Waals surface area contributed by atoms with Crippen LogP contribution in [-0.4, -0.2) is 12.2 Å². The first-order valence-electron chi connectivity index (χ1n) is 4.28. The van der Waals surface area contributed by atoms with Crippen molar-refractivity contribution < 1.29 is 4.74 Å². The Bertz CT molecular complexity index is 153. The highest BCUT2D eigenvalue weighted by molar-refractivity contribution is 4.81. The van der Waals surface area contributed by atoms with Crippen LogP contribution in [0.2, 0.25) is 0 Å². The molecular formula is C9H15NO. The molecule has 1 aliphatic rings. The van der Waals surface area contributed by atoms with E-state index in [0.29, 0.717) is 6.42 Å². The quantitative estimate of drug-likeness (QED) is 0.582. The first-order valence-corrected chi connectivity index (χ1v) is 4.28. The van der Waals surface area contributed by atoms with Gasteiger partial charge in [-0.15, -0.1) is 0 Å². The van der Waals surface area contributed by atoms with Crippen molar-refractivity contribution in [1.82, 2.24) is 0 Å². The van der Waals surface area contributed by atoms with Crippen LogP contribution in [0.4, 0.5) is 0 Å². The zero-order chi connectivity index (χ0) is 8.16. The molecule has 62 valence electrons. The van der Waals surface area contributed by atoms with Gasteiger partial charge in [0.2, 0.25) is 0 Å². The van der Waals surface area contributed by atoms with Crippen LogP contribution in [0.15, 0.2) is 0 Å². The van der Waals surface area contributed by atoms with Crippen LogP contribution in [0.25, 0.3) is 0 Å². The summed E-state index contributed by atoms with van der Waals surface area (Å²) in [4.78, 5) is 0. The summed E-state index contributed by atoms with van der Waals surface area (Å²) in [6.45, 7) is 3.06. The second-order valence-electron chi connectivity index (χ2n) is 3.41. The molecule has 1 aliphatic heterocycles. The van der Waals surface area contributed by atoms with Crippen molar-refractivity contribution in [3.63, 3.8) is 0 Å². The Morgan fingerprint density at radius 1 is 1.64 bits per heavy atom. The molecule has 0 aliphatic carbocycles. The molecule has 0 aromatic rings. The maximum atomic E-state index is 8.33. The fraction of sp³-hybridized carbons (Fsp3) is 0.889. The van der Waals surface area contributed by atoms with E-state index < -0.39 is 0 Å². The third-order valence-corrected chi connectivity index (χ3v) is 2.29. The summed E-state index contributed by atoms with van der Waals surface area (Å²) >= 11 is 0. The Labute approximate surface area is 68.2 Å². The predicted octanol–water partition coefficient (Wildman–Crippen LogP) is 2.25. The van der Waals surface area contributed by atoms with Crippen molar-refractivity contribution in [3.05, 3.63) is 0 Å². The third-order valence-electron chi connectivity index (χ3n) is 2.29. The predicted molar refractivity (Wildman–Crippen MR) is 43.1 cm³/mol. The molecule has 1 fully saturated rings. The SMILES string of the molecule is CC1(CCCC#N)CCCO1. The smallest absolute Gasteiger partial charge is 0.0655 e. The highest BCUT2D eigenvalue weighted by Crippen LogP contribution is 2.29. The van der Waals surface area contributed by atoms with Crippen LogP contribution >= 0.6 is 0 Å². The van der Waals surface area contributed by atoms with Crippen LogP contribution in [0, 0.1) is 11.3 Å². The van der Waals surface area contributed by atoms with Gasteiger partial charge in [-0.3, -0.25) is 0 Å². The van der Waals surface area contributed by atoms with E-state index in [1.165, 1.54) is 12.8 Å². The van der Waals surface area contributed by atoms with Gasteiger partial charge in [-0.1, -0.05) is 0 Å². The first kappa shape index (κ1) is 8.55. The lowest BCUT2D eigenvalue weighted by molar-refractivity contribution is 0.0121. The molecule has 0 radical (unpaired) electrons. The molecule has 1 saturated heterocycles. The standard InChI is InChI=1S/C9H15NO/c1-9(5-2-3-7-10)6-4-8-11-9/h2-6,8H2,1H3. The summed E-state index contributed by atoms with van der Waals surface area (Å²) < 4.78 is 5.58. The average molecular weight is 153 g/mol.